The summed E-state index contributed by atoms with van der Waals surface area (Å²) in [6.07, 6.45) is 0.835. The first-order valence-electron chi connectivity index (χ1n) is 10.3. The first kappa shape index (κ1) is 22.0. The highest BCUT2D eigenvalue weighted by atomic mass is 16.7. The maximum Gasteiger partial charge on any atom is 0.514 e. The average Bonchev–Trinajstić information content (AvgIpc) is 3.50. The molecule has 12 heteroatoms. The Labute approximate surface area is 187 Å². The van der Waals surface area contributed by atoms with E-state index in [1.165, 1.54) is 24.3 Å². The molecule has 1 fully saturated rings. The van der Waals surface area contributed by atoms with Crippen molar-refractivity contribution in [3.05, 3.63) is 63.7 Å². The van der Waals surface area contributed by atoms with Crippen LogP contribution in [0.15, 0.2) is 40.9 Å². The number of carbonyl (C=O) groups is 2. The third kappa shape index (κ3) is 5.73. The van der Waals surface area contributed by atoms with Gasteiger partial charge in [0.2, 0.25) is 5.91 Å². The first-order valence-corrected chi connectivity index (χ1v) is 10.3. The van der Waals surface area contributed by atoms with Crippen molar-refractivity contribution in [2.75, 3.05) is 5.32 Å². The number of nitrogens with one attached hydrogen (secondary N) is 2. The molecule has 0 saturated heterocycles. The summed E-state index contributed by atoms with van der Waals surface area (Å²) in [5.74, 6) is 0.836. The van der Waals surface area contributed by atoms with E-state index in [1.54, 1.807) is 19.1 Å². The molecule has 2 aromatic heterocycles. The van der Waals surface area contributed by atoms with Crippen LogP contribution in [-0.4, -0.2) is 38.4 Å². The Balaban J connectivity index is 1.25. The summed E-state index contributed by atoms with van der Waals surface area (Å²) in [5.41, 5.74) is 1.43. The molecule has 33 heavy (non-hydrogen) atoms. The highest BCUT2D eigenvalue weighted by molar-refractivity contribution is 5.91. The number of anilines is 1. The van der Waals surface area contributed by atoms with Crippen LogP contribution in [-0.2, 0) is 16.0 Å². The predicted octanol–water partition coefficient (Wildman–Crippen LogP) is 3.65. The summed E-state index contributed by atoms with van der Waals surface area (Å²) in [4.78, 5) is 34.3. The number of hydrogen-bond donors (Lipinski definition) is 2. The number of ether oxygens (including phenoxy) is 2. The Kier molecular flexibility index (Phi) is 6.33. The highest BCUT2D eigenvalue weighted by Crippen LogP contribution is 2.36. The molecule has 4 rings (SSSR count). The van der Waals surface area contributed by atoms with Gasteiger partial charge in [0.25, 0.3) is 5.69 Å². The lowest BCUT2D eigenvalue weighted by Gasteiger charge is -2.12. The van der Waals surface area contributed by atoms with Crippen LogP contribution in [0.2, 0.25) is 0 Å². The van der Waals surface area contributed by atoms with E-state index in [2.05, 4.69) is 20.7 Å². The molecule has 2 atom stereocenters. The molecule has 1 aliphatic rings. The van der Waals surface area contributed by atoms with E-state index >= 15 is 0 Å². The van der Waals surface area contributed by atoms with Gasteiger partial charge in [0.1, 0.15) is 17.6 Å². The standard InChI is InChI=1S/C21H21N5O7/c1-12-8-17(33-25-12)10-20(27)22-19-11-18(23-24-19)13-2-5-16(9-13)32-21(28)31-15-6-3-14(4-7-15)26(29)30/h3-4,6-8,11,13,16H,2,5,9-10H2,1H3,(H2,22,23,24,27)/t13-,16+/m0/s1. The number of amides is 1. The van der Waals surface area contributed by atoms with Crippen LogP contribution >= 0.6 is 0 Å². The summed E-state index contributed by atoms with van der Waals surface area (Å²) in [6, 6.07) is 8.61. The average molecular weight is 455 g/mol. The third-order valence-corrected chi connectivity index (χ3v) is 5.21. The van der Waals surface area contributed by atoms with Gasteiger partial charge in [-0.2, -0.15) is 5.10 Å². The van der Waals surface area contributed by atoms with Crippen LogP contribution < -0.4 is 10.1 Å². The zero-order chi connectivity index (χ0) is 23.4. The van der Waals surface area contributed by atoms with Crippen molar-refractivity contribution >= 4 is 23.6 Å². The molecule has 172 valence electrons. The number of aromatic amines is 1. The zero-order valence-electron chi connectivity index (χ0n) is 17.6. The number of nitrogens with zero attached hydrogens (tertiary/aromatic N) is 3. The lowest BCUT2D eigenvalue weighted by atomic mass is 10.0. The van der Waals surface area contributed by atoms with Crippen molar-refractivity contribution in [1.29, 1.82) is 0 Å². The molecule has 0 bridgehead atoms. The number of carbonyl (C=O) groups excluding carboxylic acids is 2. The highest BCUT2D eigenvalue weighted by Gasteiger charge is 2.30. The summed E-state index contributed by atoms with van der Waals surface area (Å²) in [7, 11) is 0. The van der Waals surface area contributed by atoms with E-state index in [-0.39, 0.29) is 35.8 Å². The molecule has 1 amide bonds. The van der Waals surface area contributed by atoms with Crippen molar-refractivity contribution < 1.29 is 28.5 Å². The Morgan fingerprint density at radius 2 is 2.06 bits per heavy atom. The number of benzene rings is 1. The number of nitro benzene ring substituents is 1. The molecule has 0 aliphatic heterocycles. The minimum atomic E-state index is -0.866. The predicted molar refractivity (Wildman–Crippen MR) is 113 cm³/mol. The number of nitro groups is 1. The lowest BCUT2D eigenvalue weighted by Crippen LogP contribution is -2.18. The van der Waals surface area contributed by atoms with Gasteiger partial charge in [0.15, 0.2) is 5.82 Å². The SMILES string of the molecule is Cc1cc(CC(=O)Nc2cc([C@H]3CC[C@@H](OC(=O)Oc4ccc([N+](=O)[O-])cc4)C3)[nH]n2)on1. The van der Waals surface area contributed by atoms with Gasteiger partial charge in [0.05, 0.1) is 17.0 Å². The van der Waals surface area contributed by atoms with E-state index < -0.39 is 11.1 Å². The number of aromatic nitrogens is 3. The fraction of sp³-hybridized carbons (Fsp3) is 0.333. The van der Waals surface area contributed by atoms with E-state index in [4.69, 9.17) is 14.0 Å². The molecule has 0 spiro atoms. The van der Waals surface area contributed by atoms with Gasteiger partial charge in [-0.15, -0.1) is 0 Å². The summed E-state index contributed by atoms with van der Waals surface area (Å²) in [6.45, 7) is 1.78. The van der Waals surface area contributed by atoms with Gasteiger partial charge in [-0.1, -0.05) is 5.16 Å². The molecule has 0 unspecified atom stereocenters. The second kappa shape index (κ2) is 9.51. The summed E-state index contributed by atoms with van der Waals surface area (Å²) in [5, 5.41) is 24.2. The van der Waals surface area contributed by atoms with Gasteiger partial charge < -0.3 is 19.3 Å². The fourth-order valence-corrected chi connectivity index (χ4v) is 3.68. The topological polar surface area (TPSA) is 162 Å². The maximum atomic E-state index is 12.1. The van der Waals surface area contributed by atoms with Crippen LogP contribution in [0.1, 0.15) is 42.3 Å². The molecule has 3 aromatic rings. The number of non-ortho nitro benzene ring substituents is 1. The molecule has 1 saturated carbocycles. The maximum absolute atomic E-state index is 12.1. The van der Waals surface area contributed by atoms with Gasteiger partial charge >= 0.3 is 6.16 Å². The molecule has 1 aliphatic carbocycles. The van der Waals surface area contributed by atoms with Crippen LogP contribution in [0.3, 0.4) is 0 Å². The summed E-state index contributed by atoms with van der Waals surface area (Å²) >= 11 is 0. The lowest BCUT2D eigenvalue weighted by molar-refractivity contribution is -0.384. The Morgan fingerprint density at radius 1 is 1.27 bits per heavy atom. The minimum absolute atomic E-state index is 0.0548. The molecule has 0 radical (unpaired) electrons. The Morgan fingerprint density at radius 3 is 2.76 bits per heavy atom. The van der Waals surface area contributed by atoms with Gasteiger partial charge in [0, 0.05) is 35.9 Å². The van der Waals surface area contributed by atoms with Crippen molar-refractivity contribution in [2.45, 2.75) is 44.6 Å². The number of hydrogen-bond acceptors (Lipinski definition) is 9. The quantitative estimate of drug-likeness (QED) is 0.234. The van der Waals surface area contributed by atoms with Crippen molar-refractivity contribution in [3.8, 4) is 5.75 Å². The van der Waals surface area contributed by atoms with Crippen LogP contribution in [0.5, 0.6) is 5.75 Å². The molecular formula is C21H21N5O7. The second-order valence-corrected chi connectivity index (χ2v) is 7.72. The molecule has 2 N–H and O–H groups in total. The van der Waals surface area contributed by atoms with Crippen molar-refractivity contribution in [3.63, 3.8) is 0 Å². The smallest absolute Gasteiger partial charge is 0.431 e. The Bertz CT molecular complexity index is 1150. The molecule has 2 heterocycles. The van der Waals surface area contributed by atoms with E-state index in [0.717, 1.165) is 12.1 Å². The second-order valence-electron chi connectivity index (χ2n) is 7.72. The number of rotatable bonds is 7. The van der Waals surface area contributed by atoms with E-state index in [0.29, 0.717) is 30.1 Å². The van der Waals surface area contributed by atoms with Crippen LogP contribution in [0, 0.1) is 17.0 Å². The largest absolute Gasteiger partial charge is 0.514 e. The normalized spacial score (nSPS) is 17.5. The monoisotopic (exact) mass is 455 g/mol. The van der Waals surface area contributed by atoms with Crippen LogP contribution in [0.25, 0.3) is 0 Å². The van der Waals surface area contributed by atoms with Crippen molar-refractivity contribution in [1.82, 2.24) is 15.4 Å². The molecular weight excluding hydrogens is 434 g/mol. The summed E-state index contributed by atoms with van der Waals surface area (Å²) < 4.78 is 15.5. The van der Waals surface area contributed by atoms with Crippen molar-refractivity contribution in [2.24, 2.45) is 0 Å². The number of aryl methyl sites for hydroxylation is 1. The molecule has 12 nitrogen and oxygen atoms in total. The van der Waals surface area contributed by atoms with Crippen LogP contribution in [0.4, 0.5) is 16.3 Å². The zero-order valence-corrected chi connectivity index (χ0v) is 17.6. The Hall–Kier alpha value is -4.22. The van der Waals surface area contributed by atoms with Gasteiger partial charge in [-0.05, 0) is 38.3 Å². The fourth-order valence-electron chi connectivity index (χ4n) is 3.68. The third-order valence-electron chi connectivity index (χ3n) is 5.21. The molecule has 1 aromatic carbocycles. The minimum Gasteiger partial charge on any atom is -0.431 e. The number of H-pyrrole nitrogens is 1. The first-order chi connectivity index (χ1) is 15.9. The van der Waals surface area contributed by atoms with E-state index in [9.17, 15) is 19.7 Å². The van der Waals surface area contributed by atoms with Gasteiger partial charge in [-0.25, -0.2) is 4.79 Å². The van der Waals surface area contributed by atoms with Gasteiger partial charge in [-0.3, -0.25) is 20.0 Å². The van der Waals surface area contributed by atoms with E-state index in [1.807, 2.05) is 0 Å².